The number of amides is 1. The highest BCUT2D eigenvalue weighted by molar-refractivity contribution is 7.91. The molecule has 1 saturated heterocycles. The van der Waals surface area contributed by atoms with Gasteiger partial charge in [-0.15, -0.1) is 22.7 Å². The number of nitrogens with zero attached hydrogens (tertiary/aromatic N) is 3. The summed E-state index contributed by atoms with van der Waals surface area (Å²) < 4.78 is 39.5. The molecule has 0 aliphatic carbocycles. The van der Waals surface area contributed by atoms with E-state index in [1.807, 2.05) is 0 Å². The van der Waals surface area contributed by atoms with Crippen LogP contribution in [0.5, 0.6) is 0 Å². The minimum absolute atomic E-state index is 0.0215. The van der Waals surface area contributed by atoms with Crippen molar-refractivity contribution in [1.29, 1.82) is 0 Å². The molecule has 5 rings (SSSR count). The van der Waals surface area contributed by atoms with Gasteiger partial charge in [0.2, 0.25) is 0 Å². The maximum Gasteiger partial charge on any atom is 0.307 e. The molecule has 0 N–H and O–H groups in total. The zero-order valence-corrected chi connectivity index (χ0v) is 21.9. The summed E-state index contributed by atoms with van der Waals surface area (Å²) in [6.07, 6.45) is 0.529. The minimum Gasteiger partial charge on any atom is -0.469 e. The molecule has 0 saturated carbocycles. The number of sulfonamides is 1. The molecule has 0 radical (unpaired) electrons. The lowest BCUT2D eigenvalue weighted by Gasteiger charge is -2.39. The van der Waals surface area contributed by atoms with E-state index in [0.717, 1.165) is 32.0 Å². The third kappa shape index (κ3) is 4.83. The number of piperazine rings is 1. The van der Waals surface area contributed by atoms with Crippen molar-refractivity contribution >= 4 is 66.3 Å². The number of ether oxygens (including phenoxy) is 2. The highest BCUT2D eigenvalue weighted by Crippen LogP contribution is 2.34. The Balaban J connectivity index is 1.41. The van der Waals surface area contributed by atoms with Gasteiger partial charge in [0.25, 0.3) is 15.9 Å². The van der Waals surface area contributed by atoms with Crippen LogP contribution >= 0.6 is 34.3 Å². The molecule has 1 fully saturated rings. The predicted octanol–water partition coefficient (Wildman–Crippen LogP) is 3.16. The van der Waals surface area contributed by atoms with E-state index in [-0.39, 0.29) is 36.2 Å². The van der Waals surface area contributed by atoms with Gasteiger partial charge in [0.05, 0.1) is 43.4 Å². The number of halogens is 1. The number of hydrogen-bond donors (Lipinski definition) is 0. The van der Waals surface area contributed by atoms with Crippen LogP contribution in [0.4, 0.5) is 0 Å². The lowest BCUT2D eigenvalue weighted by Crippen LogP contribution is -2.57. The van der Waals surface area contributed by atoms with E-state index >= 15 is 0 Å². The first-order valence-corrected chi connectivity index (χ1v) is 14.3. The van der Waals surface area contributed by atoms with Gasteiger partial charge in [-0.1, -0.05) is 17.7 Å². The van der Waals surface area contributed by atoms with Crippen molar-refractivity contribution < 1.29 is 27.5 Å². The molecule has 1 unspecified atom stereocenters. The molecule has 9 nitrogen and oxygen atoms in total. The number of carbonyl (C=O) groups excluding carboxylic acids is 2. The summed E-state index contributed by atoms with van der Waals surface area (Å²) in [7, 11) is -2.57. The minimum atomic E-state index is -3.84. The molecule has 1 amide bonds. The molecule has 2 aromatic heterocycles. The summed E-state index contributed by atoms with van der Waals surface area (Å²) >= 11 is 8.49. The summed E-state index contributed by atoms with van der Waals surface area (Å²) in [5, 5.41) is 1.65. The number of hydrogen-bond acceptors (Lipinski definition) is 9. The molecule has 1 atom stereocenters. The third-order valence-corrected chi connectivity index (χ3v) is 10.8. The van der Waals surface area contributed by atoms with Gasteiger partial charge in [0.1, 0.15) is 4.21 Å². The highest BCUT2D eigenvalue weighted by atomic mass is 35.5. The summed E-state index contributed by atoms with van der Waals surface area (Å²) in [4.78, 5) is 32.5. The van der Waals surface area contributed by atoms with E-state index in [4.69, 9.17) is 21.1 Å². The van der Waals surface area contributed by atoms with Gasteiger partial charge in [0.15, 0.2) is 5.01 Å². The lowest BCUT2D eigenvalue weighted by molar-refractivity contribution is -0.142. The van der Waals surface area contributed by atoms with Crippen LogP contribution in [0.1, 0.15) is 26.8 Å². The first-order valence-electron chi connectivity index (χ1n) is 10.9. The fraction of sp³-hybridized carbons (Fsp3) is 0.409. The van der Waals surface area contributed by atoms with E-state index in [0.29, 0.717) is 29.7 Å². The van der Waals surface area contributed by atoms with Crippen LogP contribution in [0.3, 0.4) is 0 Å². The Bertz CT molecular complexity index is 1380. The van der Waals surface area contributed by atoms with E-state index in [2.05, 4.69) is 4.98 Å². The van der Waals surface area contributed by atoms with Crippen LogP contribution in [-0.4, -0.2) is 73.9 Å². The maximum atomic E-state index is 13.5. The van der Waals surface area contributed by atoms with Crippen LogP contribution in [0.15, 0.2) is 28.5 Å². The number of rotatable bonds is 5. The molecule has 2 aliphatic heterocycles. The van der Waals surface area contributed by atoms with Gasteiger partial charge < -0.3 is 14.4 Å². The molecule has 1 aromatic carbocycles. The average molecular weight is 556 g/mol. The molecule has 0 bridgehead atoms. The van der Waals surface area contributed by atoms with Gasteiger partial charge in [0, 0.05) is 35.8 Å². The molecule has 35 heavy (non-hydrogen) atoms. The van der Waals surface area contributed by atoms with E-state index in [1.54, 1.807) is 29.2 Å². The van der Waals surface area contributed by atoms with E-state index < -0.39 is 22.0 Å². The molecular weight excluding hydrogens is 534 g/mol. The topological polar surface area (TPSA) is 106 Å². The fourth-order valence-corrected chi connectivity index (χ4v) is 8.54. The van der Waals surface area contributed by atoms with Gasteiger partial charge >= 0.3 is 5.97 Å². The summed E-state index contributed by atoms with van der Waals surface area (Å²) in [5.41, 5.74) is 0.861. The van der Waals surface area contributed by atoms with Gasteiger partial charge in [-0.2, -0.15) is 4.31 Å². The number of esters is 1. The summed E-state index contributed by atoms with van der Waals surface area (Å²) in [6.45, 7) is 1.21. The van der Waals surface area contributed by atoms with Crippen LogP contribution in [0.2, 0.25) is 5.02 Å². The quantitative estimate of drug-likeness (QED) is 0.445. The molecule has 13 heteroatoms. The zero-order chi connectivity index (χ0) is 24.7. The molecule has 2 aliphatic rings. The Hall–Kier alpha value is -2.09. The maximum absolute atomic E-state index is 13.5. The monoisotopic (exact) mass is 555 g/mol. The molecule has 4 heterocycles. The number of aromatic nitrogens is 1. The summed E-state index contributed by atoms with van der Waals surface area (Å²) in [5.74, 6) is -0.831. The second kappa shape index (κ2) is 9.75. The van der Waals surface area contributed by atoms with Crippen LogP contribution in [-0.2, 0) is 37.3 Å². The standard InChI is InChI=1S/C22H22ClN3O6S3/c1-31-19(27)10-15-11-25(35(29,30)20-8-13-2-3-14(23)9-17(13)33-20)5-6-26(15)22(28)21-24-16-4-7-32-12-18(16)34-21/h2-3,8-9,15H,4-7,10-12H2,1H3. The molecule has 186 valence electrons. The highest BCUT2D eigenvalue weighted by Gasteiger charge is 2.39. The Morgan fingerprint density at radius 1 is 1.26 bits per heavy atom. The van der Waals surface area contributed by atoms with E-state index in [1.165, 1.54) is 22.8 Å². The van der Waals surface area contributed by atoms with Crippen molar-refractivity contribution in [2.45, 2.75) is 29.7 Å². The van der Waals surface area contributed by atoms with Gasteiger partial charge in [-0.05, 0) is 23.6 Å². The smallest absolute Gasteiger partial charge is 0.307 e. The van der Waals surface area contributed by atoms with Crippen LogP contribution in [0.25, 0.3) is 10.1 Å². The predicted molar refractivity (Wildman–Crippen MR) is 133 cm³/mol. The van der Waals surface area contributed by atoms with Crippen LogP contribution < -0.4 is 0 Å². The van der Waals surface area contributed by atoms with Crippen molar-refractivity contribution in [2.75, 3.05) is 33.4 Å². The number of carbonyl (C=O) groups is 2. The fourth-order valence-electron chi connectivity index (χ4n) is 4.24. The number of thiazole rings is 1. The second-order valence-corrected chi connectivity index (χ2v) is 13.0. The molecule has 3 aromatic rings. The molecule has 0 spiro atoms. The Morgan fingerprint density at radius 3 is 2.86 bits per heavy atom. The Morgan fingerprint density at radius 2 is 2.09 bits per heavy atom. The normalized spacial score (nSPS) is 19.0. The average Bonchev–Trinajstić information content (AvgIpc) is 3.48. The van der Waals surface area contributed by atoms with Crippen molar-refractivity contribution in [2.24, 2.45) is 0 Å². The zero-order valence-electron chi connectivity index (χ0n) is 18.7. The number of methoxy groups -OCH3 is 1. The van der Waals surface area contributed by atoms with E-state index in [9.17, 15) is 18.0 Å². The van der Waals surface area contributed by atoms with Crippen molar-refractivity contribution in [3.63, 3.8) is 0 Å². The first-order chi connectivity index (χ1) is 16.8. The third-order valence-electron chi connectivity index (χ3n) is 6.07. The largest absolute Gasteiger partial charge is 0.469 e. The second-order valence-electron chi connectivity index (χ2n) is 8.23. The summed E-state index contributed by atoms with van der Waals surface area (Å²) in [6, 6.07) is 6.17. The SMILES string of the molecule is COC(=O)CC1CN(S(=O)(=O)c2cc3ccc(Cl)cc3s2)CCN1C(=O)c1nc2c(s1)COCC2. The number of thiophene rings is 1. The number of benzene rings is 1. The first kappa shape index (κ1) is 24.6. The van der Waals surface area contributed by atoms with Crippen molar-refractivity contribution in [3.8, 4) is 0 Å². The number of fused-ring (bicyclic) bond motifs is 2. The van der Waals surface area contributed by atoms with Crippen molar-refractivity contribution in [3.05, 3.63) is 44.9 Å². The van der Waals surface area contributed by atoms with Gasteiger partial charge in [-0.25, -0.2) is 13.4 Å². The Kier molecular flexibility index (Phi) is 6.85. The Labute approximate surface area is 215 Å². The lowest BCUT2D eigenvalue weighted by atomic mass is 10.1. The van der Waals surface area contributed by atoms with Gasteiger partial charge in [-0.3, -0.25) is 9.59 Å². The molecular formula is C22H22ClN3O6S3. The van der Waals surface area contributed by atoms with Crippen LogP contribution in [0, 0.1) is 0 Å². The van der Waals surface area contributed by atoms with Crippen molar-refractivity contribution in [1.82, 2.24) is 14.2 Å².